The zero-order valence-corrected chi connectivity index (χ0v) is 15.1. The molecule has 1 heterocycles. The summed E-state index contributed by atoms with van der Waals surface area (Å²) < 4.78 is 48.4. The zero-order valence-electron chi connectivity index (χ0n) is 14.3. The maximum absolute atomic E-state index is 13.0. The molecule has 0 saturated heterocycles. The number of carbonyl (C=O) groups excluding carboxylic acids is 1. The minimum Gasteiger partial charge on any atom is -0.452 e. The highest BCUT2D eigenvalue weighted by atomic mass is 32.2. The summed E-state index contributed by atoms with van der Waals surface area (Å²) in [7, 11) is -4.00. The average molecular weight is 396 g/mol. The van der Waals surface area contributed by atoms with E-state index in [4.69, 9.17) is 8.92 Å². The van der Waals surface area contributed by atoms with Gasteiger partial charge in [0.05, 0.1) is 5.56 Å². The van der Waals surface area contributed by atoms with Crippen molar-refractivity contribution in [1.29, 1.82) is 0 Å². The van der Waals surface area contributed by atoms with Crippen LogP contribution in [0.3, 0.4) is 0 Å². The summed E-state index contributed by atoms with van der Waals surface area (Å²) in [4.78, 5) is 12.5. The molecule has 140 valence electrons. The largest absolute Gasteiger partial charge is 0.452 e. The molecule has 0 radical (unpaired) electrons. The van der Waals surface area contributed by atoms with Gasteiger partial charge in [-0.3, -0.25) is 4.79 Å². The third kappa shape index (κ3) is 3.52. The lowest BCUT2D eigenvalue weighted by atomic mass is 10.1. The molecule has 0 atom stereocenters. The Morgan fingerprint density at radius 1 is 0.929 bits per heavy atom. The molecule has 5 nitrogen and oxygen atoms in total. The first-order valence-electron chi connectivity index (χ1n) is 8.26. The Morgan fingerprint density at radius 3 is 2.36 bits per heavy atom. The number of fused-ring (bicyclic) bond motifs is 1. The fourth-order valence-electron chi connectivity index (χ4n) is 2.69. The van der Waals surface area contributed by atoms with Gasteiger partial charge in [-0.05, 0) is 48.0 Å². The molecule has 3 aromatic rings. The van der Waals surface area contributed by atoms with Gasteiger partial charge in [0, 0.05) is 6.07 Å². The molecule has 7 heteroatoms. The second-order valence-electron chi connectivity index (χ2n) is 6.00. The van der Waals surface area contributed by atoms with Gasteiger partial charge in [0.25, 0.3) is 0 Å². The van der Waals surface area contributed by atoms with Gasteiger partial charge in [-0.25, -0.2) is 4.39 Å². The minimum absolute atomic E-state index is 0.0180. The van der Waals surface area contributed by atoms with E-state index in [-0.39, 0.29) is 39.3 Å². The van der Waals surface area contributed by atoms with Gasteiger partial charge < -0.3 is 8.92 Å². The van der Waals surface area contributed by atoms with E-state index in [0.717, 1.165) is 0 Å². The Hall–Kier alpha value is -3.45. The monoisotopic (exact) mass is 396 g/mol. The van der Waals surface area contributed by atoms with Crippen LogP contribution in [0.5, 0.6) is 11.5 Å². The van der Waals surface area contributed by atoms with E-state index in [2.05, 4.69) is 0 Å². The predicted octanol–water partition coefficient (Wildman–Crippen LogP) is 4.21. The van der Waals surface area contributed by atoms with Gasteiger partial charge in [0.15, 0.2) is 5.76 Å². The van der Waals surface area contributed by atoms with Crippen molar-refractivity contribution in [3.8, 4) is 11.5 Å². The molecule has 0 amide bonds. The third-order valence-corrected chi connectivity index (χ3v) is 5.31. The van der Waals surface area contributed by atoms with Crippen molar-refractivity contribution in [3.05, 3.63) is 95.5 Å². The Kier molecular flexibility index (Phi) is 4.44. The van der Waals surface area contributed by atoms with Crippen LogP contribution in [0.15, 0.2) is 83.5 Å². The van der Waals surface area contributed by atoms with Crippen molar-refractivity contribution in [3.63, 3.8) is 0 Å². The Morgan fingerprint density at radius 2 is 1.64 bits per heavy atom. The topological polar surface area (TPSA) is 69.7 Å². The second kappa shape index (κ2) is 6.94. The first kappa shape index (κ1) is 17.9. The second-order valence-corrected chi connectivity index (χ2v) is 7.55. The Balaban J connectivity index is 1.60. The summed E-state index contributed by atoms with van der Waals surface area (Å²) >= 11 is 0. The van der Waals surface area contributed by atoms with Crippen molar-refractivity contribution >= 4 is 22.0 Å². The fraction of sp³-hybridized carbons (Fsp3) is 0. The molecule has 0 saturated carbocycles. The maximum Gasteiger partial charge on any atom is 0.339 e. The van der Waals surface area contributed by atoms with Crippen LogP contribution in [0.2, 0.25) is 0 Å². The molecule has 0 aromatic heterocycles. The number of benzene rings is 3. The lowest BCUT2D eigenvalue weighted by Crippen LogP contribution is -2.09. The van der Waals surface area contributed by atoms with E-state index in [1.807, 2.05) is 0 Å². The highest BCUT2D eigenvalue weighted by Gasteiger charge is 2.28. The number of carbonyl (C=O) groups is 1. The van der Waals surface area contributed by atoms with Crippen molar-refractivity contribution < 1.29 is 26.5 Å². The van der Waals surface area contributed by atoms with Crippen LogP contribution in [-0.2, 0) is 10.1 Å². The average Bonchev–Trinajstić information content (AvgIpc) is 2.99. The van der Waals surface area contributed by atoms with Crippen LogP contribution in [0.25, 0.3) is 6.08 Å². The van der Waals surface area contributed by atoms with E-state index in [1.165, 1.54) is 60.7 Å². The summed E-state index contributed by atoms with van der Waals surface area (Å²) in [6.07, 6.45) is 1.49. The SMILES string of the molecule is O=C1C(=Cc2ccc(F)cc2)Oc2cc(OS(=O)(=O)c3ccccc3)ccc21. The fourth-order valence-corrected chi connectivity index (χ4v) is 3.64. The Bertz CT molecular complexity index is 1180. The number of hydrogen-bond acceptors (Lipinski definition) is 5. The number of ketones is 1. The van der Waals surface area contributed by atoms with Crippen LogP contribution in [0.1, 0.15) is 15.9 Å². The summed E-state index contributed by atoms with van der Waals surface area (Å²) in [5.41, 5.74) is 0.888. The molecule has 4 rings (SSSR count). The number of hydrogen-bond donors (Lipinski definition) is 0. The molecule has 0 fully saturated rings. The number of allylic oxidation sites excluding steroid dienone is 1. The van der Waals surface area contributed by atoms with E-state index in [0.29, 0.717) is 5.56 Å². The van der Waals surface area contributed by atoms with Crippen LogP contribution >= 0.6 is 0 Å². The normalized spacial score (nSPS) is 14.6. The molecular formula is C21H13FO5S. The lowest BCUT2D eigenvalue weighted by molar-refractivity contribution is 0.101. The van der Waals surface area contributed by atoms with Crippen LogP contribution in [0.4, 0.5) is 4.39 Å². The van der Waals surface area contributed by atoms with Gasteiger partial charge in [0.1, 0.15) is 22.2 Å². The third-order valence-electron chi connectivity index (χ3n) is 4.05. The molecule has 0 unspecified atom stereocenters. The molecule has 1 aliphatic heterocycles. The van der Waals surface area contributed by atoms with Gasteiger partial charge in [-0.2, -0.15) is 8.42 Å². The maximum atomic E-state index is 13.0. The molecule has 3 aromatic carbocycles. The summed E-state index contributed by atoms with van der Waals surface area (Å²) in [5, 5.41) is 0. The first-order chi connectivity index (χ1) is 13.4. The van der Waals surface area contributed by atoms with Crippen LogP contribution in [-0.4, -0.2) is 14.2 Å². The van der Waals surface area contributed by atoms with Gasteiger partial charge in [-0.1, -0.05) is 30.3 Å². The Labute approximate surface area is 160 Å². The molecule has 0 aliphatic carbocycles. The first-order valence-corrected chi connectivity index (χ1v) is 9.67. The highest BCUT2D eigenvalue weighted by Crippen LogP contribution is 2.35. The molecule has 0 spiro atoms. The molecule has 28 heavy (non-hydrogen) atoms. The van der Waals surface area contributed by atoms with Crippen molar-refractivity contribution in [2.45, 2.75) is 4.90 Å². The van der Waals surface area contributed by atoms with E-state index < -0.39 is 10.1 Å². The van der Waals surface area contributed by atoms with E-state index in [1.54, 1.807) is 18.2 Å². The van der Waals surface area contributed by atoms with Crippen molar-refractivity contribution in [1.82, 2.24) is 0 Å². The van der Waals surface area contributed by atoms with Crippen LogP contribution < -0.4 is 8.92 Å². The van der Waals surface area contributed by atoms with Gasteiger partial charge >= 0.3 is 10.1 Å². The van der Waals surface area contributed by atoms with Crippen LogP contribution in [0, 0.1) is 5.82 Å². The summed E-state index contributed by atoms with van der Waals surface area (Å²) in [6, 6.07) is 17.5. The molecule has 0 bridgehead atoms. The molecule has 1 aliphatic rings. The smallest absolute Gasteiger partial charge is 0.339 e. The number of rotatable bonds is 4. The number of ether oxygens (including phenoxy) is 1. The van der Waals surface area contributed by atoms with Crippen molar-refractivity contribution in [2.75, 3.05) is 0 Å². The van der Waals surface area contributed by atoms with E-state index in [9.17, 15) is 17.6 Å². The molecule has 0 N–H and O–H groups in total. The standard InChI is InChI=1S/C21H13FO5S/c22-15-8-6-14(7-9-15)12-20-21(23)18-11-10-16(13-19(18)26-20)27-28(24,25)17-4-2-1-3-5-17/h1-13H. The predicted molar refractivity (Wildman–Crippen MR) is 100 cm³/mol. The van der Waals surface area contributed by atoms with E-state index >= 15 is 0 Å². The molecular weight excluding hydrogens is 383 g/mol. The highest BCUT2D eigenvalue weighted by molar-refractivity contribution is 7.87. The van der Waals surface area contributed by atoms with Gasteiger partial charge in [0.2, 0.25) is 5.78 Å². The zero-order chi connectivity index (χ0) is 19.7. The van der Waals surface area contributed by atoms with Gasteiger partial charge in [-0.15, -0.1) is 0 Å². The minimum atomic E-state index is -4.00. The number of halogens is 1. The lowest BCUT2D eigenvalue weighted by Gasteiger charge is -2.07. The quantitative estimate of drug-likeness (QED) is 0.488. The number of Topliss-reactive ketones (excluding diaryl/α,β-unsaturated/α-hetero) is 1. The summed E-state index contributed by atoms with van der Waals surface area (Å²) in [5.74, 6) is -0.454. The summed E-state index contributed by atoms with van der Waals surface area (Å²) in [6.45, 7) is 0. The van der Waals surface area contributed by atoms with Crippen molar-refractivity contribution in [2.24, 2.45) is 0 Å².